The SMILES string of the molecule is C=CCOc1ccc(NCC(=O)Nc2cccc(OCCC)c2)cc1. The Hall–Kier alpha value is -2.95. The number of hydrogen-bond acceptors (Lipinski definition) is 4. The van der Waals surface area contributed by atoms with Crippen LogP contribution < -0.4 is 20.1 Å². The van der Waals surface area contributed by atoms with Gasteiger partial charge < -0.3 is 20.1 Å². The topological polar surface area (TPSA) is 59.6 Å². The molecule has 0 aromatic heterocycles. The average Bonchev–Trinajstić information content (AvgIpc) is 2.64. The van der Waals surface area contributed by atoms with E-state index in [0.29, 0.717) is 18.9 Å². The van der Waals surface area contributed by atoms with E-state index in [4.69, 9.17) is 9.47 Å². The fourth-order valence-electron chi connectivity index (χ4n) is 2.10. The van der Waals surface area contributed by atoms with Crippen LogP contribution in [-0.2, 0) is 4.79 Å². The summed E-state index contributed by atoms with van der Waals surface area (Å²) in [5, 5.41) is 5.93. The molecule has 0 heterocycles. The Kier molecular flexibility index (Phi) is 7.38. The van der Waals surface area contributed by atoms with Gasteiger partial charge in [0, 0.05) is 17.4 Å². The number of carbonyl (C=O) groups excluding carboxylic acids is 1. The normalized spacial score (nSPS) is 9.96. The summed E-state index contributed by atoms with van der Waals surface area (Å²) >= 11 is 0. The number of benzene rings is 2. The number of ether oxygens (including phenoxy) is 2. The van der Waals surface area contributed by atoms with Crippen LogP contribution in [0.15, 0.2) is 61.2 Å². The molecule has 5 nitrogen and oxygen atoms in total. The van der Waals surface area contributed by atoms with Crippen LogP contribution >= 0.6 is 0 Å². The van der Waals surface area contributed by atoms with Crippen molar-refractivity contribution in [3.63, 3.8) is 0 Å². The minimum absolute atomic E-state index is 0.125. The second-order valence-corrected chi connectivity index (χ2v) is 5.40. The van der Waals surface area contributed by atoms with E-state index in [0.717, 1.165) is 23.6 Å². The summed E-state index contributed by atoms with van der Waals surface area (Å²) in [7, 11) is 0. The van der Waals surface area contributed by atoms with Crippen molar-refractivity contribution in [2.45, 2.75) is 13.3 Å². The Morgan fingerprint density at radius 3 is 2.60 bits per heavy atom. The zero-order chi connectivity index (χ0) is 17.9. The Morgan fingerprint density at radius 1 is 1.08 bits per heavy atom. The third-order valence-corrected chi connectivity index (χ3v) is 3.27. The van der Waals surface area contributed by atoms with Gasteiger partial charge in [-0.25, -0.2) is 0 Å². The van der Waals surface area contributed by atoms with Gasteiger partial charge in [0.05, 0.1) is 13.2 Å². The maximum Gasteiger partial charge on any atom is 0.243 e. The molecule has 0 saturated carbocycles. The van der Waals surface area contributed by atoms with Gasteiger partial charge in [-0.05, 0) is 42.8 Å². The fraction of sp³-hybridized carbons (Fsp3) is 0.250. The second kappa shape index (κ2) is 10.0. The Bertz CT molecular complexity index is 684. The molecule has 0 radical (unpaired) electrons. The number of amides is 1. The highest BCUT2D eigenvalue weighted by atomic mass is 16.5. The smallest absolute Gasteiger partial charge is 0.243 e. The lowest BCUT2D eigenvalue weighted by Crippen LogP contribution is -2.21. The largest absolute Gasteiger partial charge is 0.494 e. The molecule has 5 heteroatoms. The van der Waals surface area contributed by atoms with E-state index in [1.54, 1.807) is 6.08 Å². The van der Waals surface area contributed by atoms with E-state index in [2.05, 4.69) is 24.1 Å². The zero-order valence-electron chi connectivity index (χ0n) is 14.5. The third-order valence-electron chi connectivity index (χ3n) is 3.27. The lowest BCUT2D eigenvalue weighted by atomic mass is 10.3. The first-order valence-electron chi connectivity index (χ1n) is 8.31. The fourth-order valence-corrected chi connectivity index (χ4v) is 2.10. The van der Waals surface area contributed by atoms with Gasteiger partial charge in [-0.2, -0.15) is 0 Å². The zero-order valence-corrected chi connectivity index (χ0v) is 14.5. The number of hydrogen-bond donors (Lipinski definition) is 2. The molecule has 132 valence electrons. The molecule has 0 saturated heterocycles. The van der Waals surface area contributed by atoms with Crippen molar-refractivity contribution in [3.05, 3.63) is 61.2 Å². The first-order valence-corrected chi connectivity index (χ1v) is 8.31. The molecule has 0 aliphatic rings. The van der Waals surface area contributed by atoms with Crippen molar-refractivity contribution in [2.75, 3.05) is 30.4 Å². The van der Waals surface area contributed by atoms with Gasteiger partial charge >= 0.3 is 0 Å². The van der Waals surface area contributed by atoms with Crippen LogP contribution in [0.5, 0.6) is 11.5 Å². The van der Waals surface area contributed by atoms with Crippen LogP contribution in [0.4, 0.5) is 11.4 Å². The highest BCUT2D eigenvalue weighted by Gasteiger charge is 2.04. The van der Waals surface area contributed by atoms with Crippen molar-refractivity contribution in [3.8, 4) is 11.5 Å². The summed E-state index contributed by atoms with van der Waals surface area (Å²) < 4.78 is 11.0. The van der Waals surface area contributed by atoms with Gasteiger partial charge in [0.15, 0.2) is 0 Å². The summed E-state index contributed by atoms with van der Waals surface area (Å²) in [6, 6.07) is 14.8. The molecular formula is C20H24N2O3. The summed E-state index contributed by atoms with van der Waals surface area (Å²) in [5.74, 6) is 1.39. The number of rotatable bonds is 10. The molecule has 0 aliphatic carbocycles. The van der Waals surface area contributed by atoms with Crippen molar-refractivity contribution in [1.29, 1.82) is 0 Å². The quantitative estimate of drug-likeness (QED) is 0.640. The van der Waals surface area contributed by atoms with Crippen LogP contribution in [0.3, 0.4) is 0 Å². The van der Waals surface area contributed by atoms with E-state index in [1.807, 2.05) is 48.5 Å². The maximum atomic E-state index is 12.1. The van der Waals surface area contributed by atoms with Crippen LogP contribution in [0, 0.1) is 0 Å². The third kappa shape index (κ3) is 6.59. The van der Waals surface area contributed by atoms with Gasteiger partial charge in [0.1, 0.15) is 18.1 Å². The molecule has 0 atom stereocenters. The van der Waals surface area contributed by atoms with Gasteiger partial charge in [-0.3, -0.25) is 4.79 Å². The lowest BCUT2D eigenvalue weighted by molar-refractivity contribution is -0.114. The highest BCUT2D eigenvalue weighted by Crippen LogP contribution is 2.18. The molecule has 2 aromatic rings. The molecule has 2 rings (SSSR count). The Labute approximate surface area is 148 Å². The minimum atomic E-state index is -0.125. The highest BCUT2D eigenvalue weighted by molar-refractivity contribution is 5.93. The molecule has 1 amide bonds. The number of anilines is 2. The van der Waals surface area contributed by atoms with Gasteiger partial charge in [0.2, 0.25) is 5.91 Å². The first kappa shape index (κ1) is 18.4. The summed E-state index contributed by atoms with van der Waals surface area (Å²) in [6.45, 7) is 6.96. The van der Waals surface area contributed by atoms with Gasteiger partial charge in [-0.15, -0.1) is 0 Å². The molecule has 0 spiro atoms. The Balaban J connectivity index is 1.81. The van der Waals surface area contributed by atoms with Crippen molar-refractivity contribution in [2.24, 2.45) is 0 Å². The predicted molar refractivity (Wildman–Crippen MR) is 101 cm³/mol. The summed E-state index contributed by atoms with van der Waals surface area (Å²) in [6.07, 6.45) is 2.64. The van der Waals surface area contributed by atoms with E-state index in [-0.39, 0.29) is 12.5 Å². The van der Waals surface area contributed by atoms with E-state index >= 15 is 0 Å². The van der Waals surface area contributed by atoms with E-state index in [1.165, 1.54) is 0 Å². The van der Waals surface area contributed by atoms with Crippen LogP contribution in [-0.4, -0.2) is 25.7 Å². The summed E-state index contributed by atoms with van der Waals surface area (Å²) in [5.41, 5.74) is 1.56. The maximum absolute atomic E-state index is 12.1. The van der Waals surface area contributed by atoms with Crippen molar-refractivity contribution < 1.29 is 14.3 Å². The number of nitrogens with one attached hydrogen (secondary N) is 2. The monoisotopic (exact) mass is 340 g/mol. The van der Waals surface area contributed by atoms with Crippen LogP contribution in [0.1, 0.15) is 13.3 Å². The molecule has 2 aromatic carbocycles. The molecule has 0 bridgehead atoms. The van der Waals surface area contributed by atoms with Gasteiger partial charge in [0.25, 0.3) is 0 Å². The van der Waals surface area contributed by atoms with Crippen LogP contribution in [0.2, 0.25) is 0 Å². The standard InChI is InChI=1S/C20H24N2O3/c1-3-12-24-18-10-8-16(9-11-18)21-15-20(23)22-17-6-5-7-19(14-17)25-13-4-2/h3,5-11,14,21H,1,4,12-13,15H2,2H3,(H,22,23). The average molecular weight is 340 g/mol. The predicted octanol–water partition coefficient (Wildman–Crippen LogP) is 4.09. The molecule has 0 aliphatic heterocycles. The first-order chi connectivity index (χ1) is 12.2. The lowest BCUT2D eigenvalue weighted by Gasteiger charge is -2.10. The van der Waals surface area contributed by atoms with E-state index in [9.17, 15) is 4.79 Å². The number of carbonyl (C=O) groups is 1. The minimum Gasteiger partial charge on any atom is -0.494 e. The Morgan fingerprint density at radius 2 is 1.88 bits per heavy atom. The molecule has 0 fully saturated rings. The van der Waals surface area contributed by atoms with E-state index < -0.39 is 0 Å². The van der Waals surface area contributed by atoms with Crippen molar-refractivity contribution >= 4 is 17.3 Å². The molecule has 25 heavy (non-hydrogen) atoms. The summed E-state index contributed by atoms with van der Waals surface area (Å²) in [4.78, 5) is 12.1. The van der Waals surface area contributed by atoms with Crippen molar-refractivity contribution in [1.82, 2.24) is 0 Å². The van der Waals surface area contributed by atoms with Gasteiger partial charge in [-0.1, -0.05) is 25.6 Å². The second-order valence-electron chi connectivity index (χ2n) is 5.40. The molecule has 2 N–H and O–H groups in total. The van der Waals surface area contributed by atoms with Crippen LogP contribution in [0.25, 0.3) is 0 Å². The molecule has 0 unspecified atom stereocenters. The molecular weight excluding hydrogens is 316 g/mol.